The van der Waals surface area contributed by atoms with Crippen LogP contribution in [0, 0.1) is 0 Å². The standard InChI is InChI=1S/C23H28N2O4/c1-23(2,3)29-22(27)25-13-7-10-18-11-12-20(14-19(18)15-25)24-21(26)28-16-17-8-5-4-6-9-17/h4-6,8-9,11-12,14H,7,10,13,15-16H2,1-3H3,(H,24,26). The molecule has 1 N–H and O–H groups in total. The molecule has 0 saturated heterocycles. The molecule has 1 aliphatic rings. The second kappa shape index (κ2) is 8.99. The zero-order valence-corrected chi connectivity index (χ0v) is 17.2. The molecule has 0 aliphatic carbocycles. The van der Waals surface area contributed by atoms with E-state index < -0.39 is 11.7 Å². The Bertz CT molecular complexity index is 859. The first-order valence-electron chi connectivity index (χ1n) is 9.87. The van der Waals surface area contributed by atoms with Crippen molar-refractivity contribution in [2.45, 2.75) is 52.4 Å². The third-order valence-corrected chi connectivity index (χ3v) is 4.55. The van der Waals surface area contributed by atoms with Gasteiger partial charge < -0.3 is 14.4 Å². The van der Waals surface area contributed by atoms with Crippen LogP contribution in [0.15, 0.2) is 48.5 Å². The number of hydrogen-bond donors (Lipinski definition) is 1. The number of anilines is 1. The van der Waals surface area contributed by atoms with Gasteiger partial charge in [0.15, 0.2) is 0 Å². The van der Waals surface area contributed by atoms with E-state index in [4.69, 9.17) is 9.47 Å². The molecule has 0 spiro atoms. The Hall–Kier alpha value is -3.02. The maximum Gasteiger partial charge on any atom is 0.411 e. The molecule has 1 aliphatic heterocycles. The second-order valence-electron chi connectivity index (χ2n) is 8.18. The predicted molar refractivity (Wildman–Crippen MR) is 112 cm³/mol. The highest BCUT2D eigenvalue weighted by atomic mass is 16.6. The molecule has 0 radical (unpaired) electrons. The average molecular weight is 396 g/mol. The fraction of sp³-hybridized carbons (Fsp3) is 0.391. The molecule has 0 saturated carbocycles. The Labute approximate surface area is 171 Å². The van der Waals surface area contributed by atoms with E-state index >= 15 is 0 Å². The third-order valence-electron chi connectivity index (χ3n) is 4.55. The van der Waals surface area contributed by atoms with Gasteiger partial charge in [0.25, 0.3) is 0 Å². The summed E-state index contributed by atoms with van der Waals surface area (Å²) in [5.74, 6) is 0. The van der Waals surface area contributed by atoms with Gasteiger partial charge in [0, 0.05) is 18.8 Å². The Kier molecular flexibility index (Phi) is 6.42. The summed E-state index contributed by atoms with van der Waals surface area (Å²) in [6, 6.07) is 15.3. The lowest BCUT2D eigenvalue weighted by molar-refractivity contribution is 0.0236. The summed E-state index contributed by atoms with van der Waals surface area (Å²) < 4.78 is 10.8. The lowest BCUT2D eigenvalue weighted by Gasteiger charge is -2.26. The number of amides is 2. The number of nitrogens with zero attached hydrogens (tertiary/aromatic N) is 1. The van der Waals surface area contributed by atoms with Crippen molar-refractivity contribution in [3.63, 3.8) is 0 Å². The predicted octanol–water partition coefficient (Wildman–Crippen LogP) is 5.12. The van der Waals surface area contributed by atoms with Crippen molar-refractivity contribution in [1.29, 1.82) is 0 Å². The summed E-state index contributed by atoms with van der Waals surface area (Å²) in [6.07, 6.45) is 0.934. The topological polar surface area (TPSA) is 67.9 Å². The maximum atomic E-state index is 12.5. The highest BCUT2D eigenvalue weighted by molar-refractivity contribution is 5.84. The Morgan fingerprint density at radius 3 is 2.55 bits per heavy atom. The van der Waals surface area contributed by atoms with Crippen LogP contribution in [-0.2, 0) is 29.0 Å². The van der Waals surface area contributed by atoms with E-state index in [1.54, 1.807) is 4.90 Å². The number of ether oxygens (including phenoxy) is 2. The largest absolute Gasteiger partial charge is 0.444 e. The summed E-state index contributed by atoms with van der Waals surface area (Å²) in [5, 5.41) is 2.77. The van der Waals surface area contributed by atoms with Gasteiger partial charge in [-0.25, -0.2) is 9.59 Å². The minimum atomic E-state index is -0.530. The van der Waals surface area contributed by atoms with Crippen molar-refractivity contribution < 1.29 is 19.1 Å². The molecule has 2 amide bonds. The first-order chi connectivity index (χ1) is 13.8. The molecule has 0 unspecified atom stereocenters. The van der Waals surface area contributed by atoms with Crippen molar-refractivity contribution >= 4 is 17.9 Å². The molecule has 29 heavy (non-hydrogen) atoms. The van der Waals surface area contributed by atoms with Crippen molar-refractivity contribution in [2.24, 2.45) is 0 Å². The molecule has 6 nitrogen and oxygen atoms in total. The van der Waals surface area contributed by atoms with Crippen LogP contribution in [0.2, 0.25) is 0 Å². The van der Waals surface area contributed by atoms with Gasteiger partial charge in [-0.2, -0.15) is 0 Å². The zero-order valence-electron chi connectivity index (χ0n) is 17.2. The van der Waals surface area contributed by atoms with Crippen LogP contribution in [-0.4, -0.2) is 29.2 Å². The van der Waals surface area contributed by atoms with Crippen molar-refractivity contribution in [3.8, 4) is 0 Å². The summed E-state index contributed by atoms with van der Waals surface area (Å²) in [7, 11) is 0. The number of carbonyl (C=O) groups is 2. The van der Waals surface area contributed by atoms with Crippen LogP contribution in [0.25, 0.3) is 0 Å². The minimum Gasteiger partial charge on any atom is -0.444 e. The van der Waals surface area contributed by atoms with Crippen molar-refractivity contribution in [3.05, 3.63) is 65.2 Å². The Morgan fingerprint density at radius 1 is 1.07 bits per heavy atom. The molecular weight excluding hydrogens is 368 g/mol. The molecule has 2 aromatic carbocycles. The quantitative estimate of drug-likeness (QED) is 0.782. The van der Waals surface area contributed by atoms with Crippen LogP contribution >= 0.6 is 0 Å². The van der Waals surface area contributed by atoms with Gasteiger partial charge in [-0.05, 0) is 62.4 Å². The molecule has 0 atom stereocenters. The number of hydrogen-bond acceptors (Lipinski definition) is 4. The Balaban J connectivity index is 1.63. The fourth-order valence-corrected chi connectivity index (χ4v) is 3.20. The van der Waals surface area contributed by atoms with Crippen LogP contribution in [0.4, 0.5) is 15.3 Å². The summed E-state index contributed by atoms with van der Waals surface area (Å²) in [6.45, 7) is 6.90. The smallest absolute Gasteiger partial charge is 0.411 e. The van der Waals surface area contributed by atoms with Gasteiger partial charge in [0.2, 0.25) is 0 Å². The van der Waals surface area contributed by atoms with Gasteiger partial charge in [0.05, 0.1) is 0 Å². The SMILES string of the molecule is CC(C)(C)OC(=O)N1CCCc2ccc(NC(=O)OCc3ccccc3)cc2C1. The van der Waals surface area contributed by atoms with Crippen LogP contribution < -0.4 is 5.32 Å². The number of rotatable bonds is 3. The van der Waals surface area contributed by atoms with Crippen molar-refractivity contribution in [1.82, 2.24) is 4.90 Å². The normalized spacial score (nSPS) is 13.8. The molecule has 2 aromatic rings. The molecule has 154 valence electrons. The van der Waals surface area contributed by atoms with E-state index in [1.807, 2.05) is 69.3 Å². The van der Waals surface area contributed by atoms with Gasteiger partial charge in [-0.3, -0.25) is 5.32 Å². The van der Waals surface area contributed by atoms with Gasteiger partial charge in [-0.1, -0.05) is 36.4 Å². The van der Waals surface area contributed by atoms with E-state index in [0.29, 0.717) is 18.8 Å². The average Bonchev–Trinajstić information content (AvgIpc) is 2.88. The molecule has 6 heteroatoms. The van der Waals surface area contributed by atoms with E-state index in [1.165, 1.54) is 5.56 Å². The first-order valence-corrected chi connectivity index (χ1v) is 9.87. The molecular formula is C23H28N2O4. The Morgan fingerprint density at radius 2 is 1.83 bits per heavy atom. The fourth-order valence-electron chi connectivity index (χ4n) is 3.20. The summed E-state index contributed by atoms with van der Waals surface area (Å²) in [4.78, 5) is 26.3. The van der Waals surface area contributed by atoms with E-state index in [9.17, 15) is 9.59 Å². The number of benzene rings is 2. The summed E-state index contributed by atoms with van der Waals surface area (Å²) in [5.41, 5.74) is 3.23. The monoisotopic (exact) mass is 396 g/mol. The van der Waals surface area contributed by atoms with Crippen LogP contribution in [0.1, 0.15) is 43.9 Å². The number of nitrogens with one attached hydrogen (secondary N) is 1. The lowest BCUT2D eigenvalue weighted by atomic mass is 10.0. The lowest BCUT2D eigenvalue weighted by Crippen LogP contribution is -2.36. The minimum absolute atomic E-state index is 0.212. The zero-order chi connectivity index (χ0) is 20.9. The molecule has 0 aromatic heterocycles. The molecule has 0 fully saturated rings. The highest BCUT2D eigenvalue weighted by Gasteiger charge is 2.24. The van der Waals surface area contributed by atoms with Gasteiger partial charge in [0.1, 0.15) is 12.2 Å². The number of aryl methyl sites for hydroxylation is 1. The highest BCUT2D eigenvalue weighted by Crippen LogP contribution is 2.24. The van der Waals surface area contributed by atoms with E-state index in [0.717, 1.165) is 24.0 Å². The number of fused-ring (bicyclic) bond motifs is 1. The van der Waals surface area contributed by atoms with Crippen LogP contribution in [0.5, 0.6) is 0 Å². The van der Waals surface area contributed by atoms with Crippen molar-refractivity contribution in [2.75, 3.05) is 11.9 Å². The van der Waals surface area contributed by atoms with Gasteiger partial charge >= 0.3 is 12.2 Å². The van der Waals surface area contributed by atoms with Gasteiger partial charge in [-0.15, -0.1) is 0 Å². The first kappa shape index (κ1) is 20.7. The number of carbonyl (C=O) groups excluding carboxylic acids is 2. The molecule has 3 rings (SSSR count). The van der Waals surface area contributed by atoms with E-state index in [2.05, 4.69) is 5.32 Å². The summed E-state index contributed by atoms with van der Waals surface area (Å²) >= 11 is 0. The maximum absolute atomic E-state index is 12.5. The second-order valence-corrected chi connectivity index (χ2v) is 8.18. The molecule has 1 heterocycles. The molecule has 0 bridgehead atoms. The van der Waals surface area contributed by atoms with E-state index in [-0.39, 0.29) is 12.7 Å². The third kappa shape index (κ3) is 6.24. The van der Waals surface area contributed by atoms with Crippen LogP contribution in [0.3, 0.4) is 0 Å².